The Morgan fingerprint density at radius 2 is 1.64 bits per heavy atom. The summed E-state index contributed by atoms with van der Waals surface area (Å²) in [5, 5.41) is 9.68. The molecule has 0 aliphatic heterocycles. The van der Waals surface area contributed by atoms with Gasteiger partial charge < -0.3 is 15.2 Å². The van der Waals surface area contributed by atoms with Gasteiger partial charge in [0.15, 0.2) is 0 Å². The van der Waals surface area contributed by atoms with E-state index in [1.54, 1.807) is 12.4 Å². The average Bonchev–Trinajstić information content (AvgIpc) is 3.19. The fraction of sp³-hybridized carbons (Fsp3) is 0.0476. The van der Waals surface area contributed by atoms with Crippen molar-refractivity contribution in [1.82, 2.24) is 15.1 Å². The smallest absolute Gasteiger partial charge is 0.323 e. The molecule has 0 atom stereocenters. The number of hydrogen-bond donors (Lipinski definition) is 2. The van der Waals surface area contributed by atoms with Gasteiger partial charge in [0.05, 0.1) is 6.42 Å². The monoisotopic (exact) mass is 371 g/mol. The lowest BCUT2D eigenvalue weighted by molar-refractivity contribution is 0.262. The Morgan fingerprint density at radius 1 is 0.893 bits per heavy atom. The van der Waals surface area contributed by atoms with Gasteiger partial charge in [-0.25, -0.2) is 4.79 Å². The van der Waals surface area contributed by atoms with Crippen LogP contribution in [0.3, 0.4) is 0 Å². The van der Waals surface area contributed by atoms with Gasteiger partial charge >= 0.3 is 6.03 Å². The molecule has 0 saturated heterocycles. The second-order valence-electron chi connectivity index (χ2n) is 6.03. The van der Waals surface area contributed by atoms with Crippen LogP contribution in [0.2, 0.25) is 0 Å². The minimum absolute atomic E-state index is 0.318. The molecule has 0 fully saturated rings. The zero-order valence-corrected chi connectivity index (χ0v) is 14.9. The van der Waals surface area contributed by atoms with Crippen molar-refractivity contribution in [2.45, 2.75) is 6.42 Å². The summed E-state index contributed by atoms with van der Waals surface area (Å²) in [6.07, 6.45) is 3.76. The third kappa shape index (κ3) is 4.21. The molecule has 2 N–H and O–H groups in total. The Kier molecular flexibility index (Phi) is 5.06. The zero-order valence-electron chi connectivity index (χ0n) is 14.9. The van der Waals surface area contributed by atoms with Crippen molar-refractivity contribution < 1.29 is 9.32 Å². The van der Waals surface area contributed by atoms with Crippen LogP contribution < -0.4 is 10.6 Å². The number of carbonyl (C=O) groups excluding carboxylic acids is 1. The molecule has 2 aromatic carbocycles. The number of nitrogens with zero attached hydrogens (tertiary/aromatic N) is 3. The quantitative estimate of drug-likeness (QED) is 0.543. The molecule has 0 bridgehead atoms. The van der Waals surface area contributed by atoms with Gasteiger partial charge in [0.1, 0.15) is 0 Å². The standard InChI is InChI=1S/C21H17N5O2/c27-21(23-17-7-2-1-3-8-17)24-18-9-5-4-6-16(18)14-19-25-20(26-28-19)15-10-12-22-13-11-15/h1-13H,14H2,(H2,23,24,27). The van der Waals surface area contributed by atoms with Crippen LogP contribution in [0.15, 0.2) is 83.6 Å². The molecule has 138 valence electrons. The number of benzene rings is 2. The summed E-state index contributed by atoms with van der Waals surface area (Å²) in [6, 6.07) is 20.1. The van der Waals surface area contributed by atoms with Crippen LogP contribution in [0.4, 0.5) is 16.2 Å². The van der Waals surface area contributed by atoms with E-state index >= 15 is 0 Å². The van der Waals surface area contributed by atoms with E-state index in [9.17, 15) is 4.79 Å². The maximum Gasteiger partial charge on any atom is 0.323 e. The third-order valence-corrected chi connectivity index (χ3v) is 4.05. The van der Waals surface area contributed by atoms with Crippen molar-refractivity contribution in [2.24, 2.45) is 0 Å². The lowest BCUT2D eigenvalue weighted by Gasteiger charge is -2.11. The average molecular weight is 371 g/mol. The number of anilines is 2. The molecule has 0 unspecified atom stereocenters. The summed E-state index contributed by atoms with van der Waals surface area (Å²) in [5.74, 6) is 0.967. The zero-order chi connectivity index (χ0) is 19.2. The first-order valence-corrected chi connectivity index (χ1v) is 8.72. The Balaban J connectivity index is 1.47. The van der Waals surface area contributed by atoms with E-state index in [1.807, 2.05) is 66.7 Å². The molecule has 0 spiro atoms. The lowest BCUT2D eigenvalue weighted by atomic mass is 10.1. The molecule has 2 amide bonds. The van der Waals surface area contributed by atoms with Crippen molar-refractivity contribution in [3.05, 3.63) is 90.6 Å². The van der Waals surface area contributed by atoms with E-state index in [4.69, 9.17) is 4.52 Å². The number of carbonyl (C=O) groups is 1. The van der Waals surface area contributed by atoms with Crippen LogP contribution in [-0.4, -0.2) is 21.2 Å². The second kappa shape index (κ2) is 8.13. The van der Waals surface area contributed by atoms with Crippen molar-refractivity contribution in [1.29, 1.82) is 0 Å². The molecule has 4 rings (SSSR count). The van der Waals surface area contributed by atoms with Crippen LogP contribution in [-0.2, 0) is 6.42 Å². The lowest BCUT2D eigenvalue weighted by Crippen LogP contribution is -2.20. The number of pyridine rings is 1. The highest BCUT2D eigenvalue weighted by atomic mass is 16.5. The van der Waals surface area contributed by atoms with E-state index in [0.717, 1.165) is 16.8 Å². The molecule has 0 aliphatic rings. The van der Waals surface area contributed by atoms with E-state index in [-0.39, 0.29) is 6.03 Å². The van der Waals surface area contributed by atoms with E-state index in [2.05, 4.69) is 25.8 Å². The molecule has 0 saturated carbocycles. The molecule has 7 heteroatoms. The van der Waals surface area contributed by atoms with Gasteiger partial charge in [-0.3, -0.25) is 4.98 Å². The maximum absolute atomic E-state index is 12.3. The molecule has 7 nitrogen and oxygen atoms in total. The van der Waals surface area contributed by atoms with E-state index < -0.39 is 0 Å². The Bertz CT molecular complexity index is 1060. The fourth-order valence-electron chi connectivity index (χ4n) is 2.71. The van der Waals surface area contributed by atoms with Crippen molar-refractivity contribution in [3.8, 4) is 11.4 Å². The topological polar surface area (TPSA) is 92.9 Å². The van der Waals surface area contributed by atoms with Crippen LogP contribution in [0, 0.1) is 0 Å². The highest BCUT2D eigenvalue weighted by molar-refractivity contribution is 6.00. The van der Waals surface area contributed by atoms with Crippen molar-refractivity contribution >= 4 is 17.4 Å². The largest absolute Gasteiger partial charge is 0.339 e. The predicted octanol–water partition coefficient (Wildman–Crippen LogP) is 4.37. The van der Waals surface area contributed by atoms with Gasteiger partial charge in [-0.1, -0.05) is 41.6 Å². The first kappa shape index (κ1) is 17.4. The highest BCUT2D eigenvalue weighted by Gasteiger charge is 2.12. The summed E-state index contributed by atoms with van der Waals surface area (Å²) in [6.45, 7) is 0. The molecule has 28 heavy (non-hydrogen) atoms. The van der Waals surface area contributed by atoms with Gasteiger partial charge in [0.25, 0.3) is 0 Å². The van der Waals surface area contributed by atoms with Crippen molar-refractivity contribution in [3.63, 3.8) is 0 Å². The van der Waals surface area contributed by atoms with Crippen LogP contribution in [0.5, 0.6) is 0 Å². The summed E-state index contributed by atoms with van der Waals surface area (Å²) in [4.78, 5) is 20.7. The van der Waals surface area contributed by atoms with Crippen LogP contribution in [0.1, 0.15) is 11.5 Å². The Hall–Kier alpha value is -4.00. The number of aromatic nitrogens is 3. The number of hydrogen-bond acceptors (Lipinski definition) is 5. The fourth-order valence-corrected chi connectivity index (χ4v) is 2.71. The predicted molar refractivity (Wildman–Crippen MR) is 106 cm³/mol. The summed E-state index contributed by atoms with van der Waals surface area (Å²) < 4.78 is 5.37. The maximum atomic E-state index is 12.3. The van der Waals surface area contributed by atoms with E-state index in [0.29, 0.717) is 23.8 Å². The minimum Gasteiger partial charge on any atom is -0.339 e. The SMILES string of the molecule is O=C(Nc1ccccc1)Nc1ccccc1Cc1nc(-c2ccncc2)no1. The molecule has 0 aliphatic carbocycles. The van der Waals surface area contributed by atoms with Gasteiger partial charge in [-0.05, 0) is 35.9 Å². The molecule has 4 aromatic rings. The molecular weight excluding hydrogens is 354 g/mol. The summed E-state index contributed by atoms with van der Waals surface area (Å²) in [5.41, 5.74) is 3.10. The molecular formula is C21H17N5O2. The number of amides is 2. The van der Waals surface area contributed by atoms with Crippen LogP contribution >= 0.6 is 0 Å². The van der Waals surface area contributed by atoms with Gasteiger partial charge in [-0.15, -0.1) is 0 Å². The summed E-state index contributed by atoms with van der Waals surface area (Å²) >= 11 is 0. The number of rotatable bonds is 5. The molecule has 2 aromatic heterocycles. The third-order valence-electron chi connectivity index (χ3n) is 4.05. The first-order chi connectivity index (χ1) is 13.8. The van der Waals surface area contributed by atoms with Gasteiger partial charge in [0.2, 0.25) is 11.7 Å². The van der Waals surface area contributed by atoms with E-state index in [1.165, 1.54) is 0 Å². The first-order valence-electron chi connectivity index (χ1n) is 8.72. The Morgan fingerprint density at radius 3 is 2.46 bits per heavy atom. The Labute approximate surface area is 161 Å². The molecule has 0 radical (unpaired) electrons. The highest BCUT2D eigenvalue weighted by Crippen LogP contribution is 2.21. The second-order valence-corrected chi connectivity index (χ2v) is 6.03. The van der Waals surface area contributed by atoms with Gasteiger partial charge in [-0.2, -0.15) is 4.98 Å². The van der Waals surface area contributed by atoms with Gasteiger partial charge in [0, 0.05) is 29.3 Å². The van der Waals surface area contributed by atoms with Crippen molar-refractivity contribution in [2.75, 3.05) is 10.6 Å². The number of nitrogens with one attached hydrogen (secondary N) is 2. The number of para-hydroxylation sites is 2. The summed E-state index contributed by atoms with van der Waals surface area (Å²) in [7, 11) is 0. The normalized spacial score (nSPS) is 10.4. The minimum atomic E-state index is -0.318. The number of urea groups is 1. The molecule has 2 heterocycles. The van der Waals surface area contributed by atoms with Crippen LogP contribution in [0.25, 0.3) is 11.4 Å².